The van der Waals surface area contributed by atoms with Crippen LogP contribution in [0.4, 0.5) is 0 Å². The molecule has 0 heterocycles. The number of amidine groups is 1. The van der Waals surface area contributed by atoms with Gasteiger partial charge < -0.3 is 20.4 Å². The maximum Gasteiger partial charge on any atom is 0.173 e. The van der Waals surface area contributed by atoms with Crippen LogP contribution in [0.25, 0.3) is 0 Å². The highest BCUT2D eigenvalue weighted by Crippen LogP contribution is 2.30. The Morgan fingerprint density at radius 2 is 1.90 bits per heavy atom. The van der Waals surface area contributed by atoms with Crippen molar-refractivity contribution in [2.24, 2.45) is 10.9 Å². The van der Waals surface area contributed by atoms with Crippen LogP contribution in [0.15, 0.2) is 47.6 Å². The normalized spacial score (nSPS) is 11.2. The van der Waals surface area contributed by atoms with Crippen LogP contribution in [0.2, 0.25) is 0 Å². The topological polar surface area (TPSA) is 77.1 Å². The summed E-state index contributed by atoms with van der Waals surface area (Å²) in [4.78, 5) is 0. The van der Waals surface area contributed by atoms with Gasteiger partial charge in [0.15, 0.2) is 5.84 Å². The van der Waals surface area contributed by atoms with E-state index in [1.165, 1.54) is 0 Å². The molecule has 0 saturated heterocycles. The van der Waals surface area contributed by atoms with Gasteiger partial charge in [-0.2, -0.15) is 0 Å². The van der Waals surface area contributed by atoms with Gasteiger partial charge in [0.05, 0.1) is 12.7 Å². The number of nitrogens with zero attached hydrogens (tertiary/aromatic N) is 1. The van der Waals surface area contributed by atoms with Crippen LogP contribution >= 0.6 is 0 Å². The highest BCUT2D eigenvalue weighted by atomic mass is 16.5. The van der Waals surface area contributed by atoms with E-state index >= 15 is 0 Å². The number of aryl methyl sites for hydroxylation is 1. The third kappa shape index (κ3) is 2.83. The van der Waals surface area contributed by atoms with Gasteiger partial charge in [0.2, 0.25) is 0 Å². The van der Waals surface area contributed by atoms with Crippen molar-refractivity contribution in [1.29, 1.82) is 0 Å². The number of ether oxygens (including phenoxy) is 2. The van der Waals surface area contributed by atoms with E-state index < -0.39 is 0 Å². The van der Waals surface area contributed by atoms with Crippen LogP contribution in [-0.2, 0) is 0 Å². The number of para-hydroxylation sites is 1. The van der Waals surface area contributed by atoms with Crippen LogP contribution in [0, 0.1) is 6.92 Å². The molecule has 0 fully saturated rings. The minimum atomic E-state index is -0.0174. The zero-order valence-electron chi connectivity index (χ0n) is 11.3. The van der Waals surface area contributed by atoms with Gasteiger partial charge in [-0.15, -0.1) is 0 Å². The number of hydrogen-bond donors (Lipinski definition) is 2. The highest BCUT2D eigenvalue weighted by molar-refractivity contribution is 5.99. The second-order valence-electron chi connectivity index (χ2n) is 4.21. The standard InChI is InChI=1S/C15H16N2O3/c1-10-5-3-4-6-13(10)20-14-9-11(19-2)7-8-12(14)15(16)17-18/h3-9,18H,1-2H3,(H2,16,17). The fraction of sp³-hybridized carbons (Fsp3) is 0.133. The lowest BCUT2D eigenvalue weighted by molar-refractivity contribution is 0.318. The van der Waals surface area contributed by atoms with E-state index in [1.807, 2.05) is 31.2 Å². The minimum Gasteiger partial charge on any atom is -0.497 e. The SMILES string of the molecule is COc1ccc(/C(N)=N/O)c(Oc2ccccc2C)c1. The maximum atomic E-state index is 8.84. The number of oxime groups is 1. The number of hydrogen-bond acceptors (Lipinski definition) is 4. The molecule has 0 bridgehead atoms. The molecule has 0 spiro atoms. The average Bonchev–Trinajstić information content (AvgIpc) is 2.48. The fourth-order valence-corrected chi connectivity index (χ4v) is 1.77. The molecule has 2 aromatic rings. The van der Waals surface area contributed by atoms with Crippen molar-refractivity contribution in [3.63, 3.8) is 0 Å². The molecule has 5 heteroatoms. The Hall–Kier alpha value is -2.69. The lowest BCUT2D eigenvalue weighted by Gasteiger charge is -2.13. The number of nitrogens with two attached hydrogens (primary N) is 1. The lowest BCUT2D eigenvalue weighted by atomic mass is 10.1. The molecule has 0 aliphatic rings. The molecule has 104 valence electrons. The Morgan fingerprint density at radius 3 is 2.55 bits per heavy atom. The first-order chi connectivity index (χ1) is 9.65. The summed E-state index contributed by atoms with van der Waals surface area (Å²) < 4.78 is 11.0. The van der Waals surface area contributed by atoms with E-state index in [0.717, 1.165) is 5.56 Å². The number of methoxy groups -OCH3 is 1. The van der Waals surface area contributed by atoms with Gasteiger partial charge in [-0.25, -0.2) is 0 Å². The first-order valence-electron chi connectivity index (χ1n) is 6.05. The molecule has 0 aromatic heterocycles. The van der Waals surface area contributed by atoms with Crippen LogP contribution in [0.3, 0.4) is 0 Å². The Balaban J connectivity index is 2.46. The molecule has 0 aliphatic carbocycles. The molecule has 0 unspecified atom stereocenters. The highest BCUT2D eigenvalue weighted by Gasteiger charge is 2.12. The first kappa shape index (κ1) is 13.7. The third-order valence-electron chi connectivity index (χ3n) is 2.89. The predicted molar refractivity (Wildman–Crippen MR) is 76.8 cm³/mol. The van der Waals surface area contributed by atoms with E-state index in [9.17, 15) is 0 Å². The summed E-state index contributed by atoms with van der Waals surface area (Å²) in [6.07, 6.45) is 0. The van der Waals surface area contributed by atoms with Gasteiger partial charge >= 0.3 is 0 Å². The van der Waals surface area contributed by atoms with Gasteiger partial charge in [0, 0.05) is 6.07 Å². The van der Waals surface area contributed by atoms with Crippen molar-refractivity contribution < 1.29 is 14.7 Å². The summed E-state index contributed by atoms with van der Waals surface area (Å²) in [5.74, 6) is 1.78. The molecule has 0 amide bonds. The molecule has 0 radical (unpaired) electrons. The van der Waals surface area contributed by atoms with Crippen LogP contribution in [0.1, 0.15) is 11.1 Å². The smallest absolute Gasteiger partial charge is 0.173 e. The summed E-state index contributed by atoms with van der Waals surface area (Å²) in [5.41, 5.74) is 7.14. The van der Waals surface area contributed by atoms with Gasteiger partial charge in [0.25, 0.3) is 0 Å². The van der Waals surface area contributed by atoms with Crippen molar-refractivity contribution in [3.8, 4) is 17.2 Å². The summed E-state index contributed by atoms with van der Waals surface area (Å²) in [5, 5.41) is 11.8. The molecule has 0 aliphatic heterocycles. The quantitative estimate of drug-likeness (QED) is 0.388. The number of benzene rings is 2. The third-order valence-corrected chi connectivity index (χ3v) is 2.89. The monoisotopic (exact) mass is 272 g/mol. The molecular formula is C15H16N2O3. The van der Waals surface area contributed by atoms with E-state index in [2.05, 4.69) is 5.16 Å². The van der Waals surface area contributed by atoms with Gasteiger partial charge in [0.1, 0.15) is 17.2 Å². The summed E-state index contributed by atoms with van der Waals surface area (Å²) in [7, 11) is 1.57. The van der Waals surface area contributed by atoms with Crippen molar-refractivity contribution in [3.05, 3.63) is 53.6 Å². The van der Waals surface area contributed by atoms with Crippen LogP contribution in [-0.4, -0.2) is 18.2 Å². The second-order valence-corrected chi connectivity index (χ2v) is 4.21. The summed E-state index contributed by atoms with van der Waals surface area (Å²) >= 11 is 0. The van der Waals surface area contributed by atoms with Crippen molar-refractivity contribution in [1.82, 2.24) is 0 Å². The van der Waals surface area contributed by atoms with Crippen molar-refractivity contribution >= 4 is 5.84 Å². The Morgan fingerprint density at radius 1 is 1.15 bits per heavy atom. The molecule has 0 atom stereocenters. The average molecular weight is 272 g/mol. The molecule has 2 rings (SSSR count). The van der Waals surface area contributed by atoms with Crippen molar-refractivity contribution in [2.45, 2.75) is 6.92 Å². The van der Waals surface area contributed by atoms with Gasteiger partial charge in [-0.05, 0) is 30.7 Å². The van der Waals surface area contributed by atoms with Crippen molar-refractivity contribution in [2.75, 3.05) is 7.11 Å². The van der Waals surface area contributed by atoms with Crippen LogP contribution in [0.5, 0.6) is 17.2 Å². The van der Waals surface area contributed by atoms with E-state index in [1.54, 1.807) is 25.3 Å². The Kier molecular flexibility index (Phi) is 4.10. The maximum absolute atomic E-state index is 8.84. The lowest BCUT2D eigenvalue weighted by Crippen LogP contribution is -2.14. The minimum absolute atomic E-state index is 0.0174. The van der Waals surface area contributed by atoms with Crippen LogP contribution < -0.4 is 15.2 Å². The zero-order chi connectivity index (χ0) is 14.5. The molecule has 0 saturated carbocycles. The largest absolute Gasteiger partial charge is 0.497 e. The molecular weight excluding hydrogens is 256 g/mol. The summed E-state index contributed by atoms with van der Waals surface area (Å²) in [6.45, 7) is 1.94. The zero-order valence-corrected chi connectivity index (χ0v) is 11.3. The van der Waals surface area contributed by atoms with E-state index in [4.69, 9.17) is 20.4 Å². The van der Waals surface area contributed by atoms with Gasteiger partial charge in [-0.3, -0.25) is 0 Å². The molecule has 3 N–H and O–H groups in total. The molecule has 2 aromatic carbocycles. The summed E-state index contributed by atoms with van der Waals surface area (Å²) in [6, 6.07) is 12.7. The van der Waals surface area contributed by atoms with E-state index in [-0.39, 0.29) is 5.84 Å². The molecule has 5 nitrogen and oxygen atoms in total. The molecule has 20 heavy (non-hydrogen) atoms. The predicted octanol–water partition coefficient (Wildman–Crippen LogP) is 2.89. The van der Waals surface area contributed by atoms with Gasteiger partial charge in [-0.1, -0.05) is 23.4 Å². The Bertz CT molecular complexity index is 639. The Labute approximate surface area is 117 Å². The number of rotatable bonds is 4. The second kappa shape index (κ2) is 5.97. The van der Waals surface area contributed by atoms with E-state index in [0.29, 0.717) is 22.8 Å². The first-order valence-corrected chi connectivity index (χ1v) is 6.05. The fourth-order valence-electron chi connectivity index (χ4n) is 1.77.